The van der Waals surface area contributed by atoms with Gasteiger partial charge in [0.1, 0.15) is 17.3 Å². The van der Waals surface area contributed by atoms with Crippen molar-refractivity contribution < 1.29 is 4.74 Å². The van der Waals surface area contributed by atoms with Crippen LogP contribution in [0.25, 0.3) is 0 Å². The molecule has 0 bridgehead atoms. The minimum atomic E-state index is -0.496. The smallest absolute Gasteiger partial charge is 0.330 e. The van der Waals surface area contributed by atoms with Crippen LogP contribution < -0.4 is 26.6 Å². The van der Waals surface area contributed by atoms with Gasteiger partial charge in [-0.25, -0.2) is 4.79 Å². The first-order chi connectivity index (χ1) is 13.1. The molecule has 0 spiro atoms. The fourth-order valence-corrected chi connectivity index (χ4v) is 3.38. The topological polar surface area (TPSA) is 93.3 Å². The summed E-state index contributed by atoms with van der Waals surface area (Å²) < 4.78 is 6.86. The minimum Gasteiger partial charge on any atom is -0.496 e. The van der Waals surface area contributed by atoms with Crippen molar-refractivity contribution in [1.29, 1.82) is 0 Å². The number of anilines is 2. The number of halogens is 1. The molecule has 0 radical (unpaired) electrons. The maximum atomic E-state index is 12.7. The van der Waals surface area contributed by atoms with Crippen molar-refractivity contribution in [1.82, 2.24) is 9.55 Å². The number of ether oxygens (including phenoxy) is 1. The summed E-state index contributed by atoms with van der Waals surface area (Å²) in [6.45, 7) is 9.44. The number of hydrogen-bond donors (Lipinski definition) is 2. The number of nitrogens with zero attached hydrogens (tertiary/aromatic N) is 2. The number of hydrogen-bond acceptors (Lipinski definition) is 5. The van der Waals surface area contributed by atoms with Gasteiger partial charge in [-0.15, -0.1) is 0 Å². The molecule has 3 N–H and O–H groups in total. The molecule has 1 aromatic carbocycles. The Bertz CT molecular complexity index is 934. The van der Waals surface area contributed by atoms with Crippen molar-refractivity contribution >= 4 is 23.1 Å². The summed E-state index contributed by atoms with van der Waals surface area (Å²) in [5.41, 5.74) is 6.43. The molecule has 8 heteroatoms. The van der Waals surface area contributed by atoms with Crippen LogP contribution in [-0.2, 0) is 13.1 Å². The highest BCUT2D eigenvalue weighted by Gasteiger charge is 2.21. The van der Waals surface area contributed by atoms with Crippen LogP contribution in [-0.4, -0.2) is 23.2 Å². The Morgan fingerprint density at radius 1 is 1.21 bits per heavy atom. The molecular weight excluding hydrogens is 380 g/mol. The van der Waals surface area contributed by atoms with Gasteiger partial charge >= 0.3 is 5.69 Å². The predicted octanol–water partition coefficient (Wildman–Crippen LogP) is 3.10. The molecule has 0 aliphatic heterocycles. The molecule has 0 aliphatic carbocycles. The molecule has 1 aromatic heterocycles. The number of nitrogens with one attached hydrogen (secondary N) is 1. The third-order valence-electron chi connectivity index (χ3n) is 4.27. The van der Waals surface area contributed by atoms with Gasteiger partial charge in [0, 0.05) is 30.2 Å². The third kappa shape index (κ3) is 5.10. The lowest BCUT2D eigenvalue weighted by Gasteiger charge is -2.28. The van der Waals surface area contributed by atoms with Crippen LogP contribution in [0.15, 0.2) is 27.8 Å². The molecule has 0 unspecified atom stereocenters. The van der Waals surface area contributed by atoms with Crippen molar-refractivity contribution in [3.63, 3.8) is 0 Å². The van der Waals surface area contributed by atoms with Gasteiger partial charge in [-0.2, -0.15) is 0 Å². The van der Waals surface area contributed by atoms with Crippen LogP contribution in [0, 0.1) is 11.8 Å². The Labute approximate surface area is 170 Å². The van der Waals surface area contributed by atoms with Gasteiger partial charge in [0.25, 0.3) is 5.56 Å². The SMILES string of the molecule is COc1ccc(Cl)cc1CN(CC(C)C)c1c(N)n(CC(C)C)c(=O)[nH]c1=O. The Morgan fingerprint density at radius 3 is 2.46 bits per heavy atom. The summed E-state index contributed by atoms with van der Waals surface area (Å²) in [5.74, 6) is 1.30. The highest BCUT2D eigenvalue weighted by Crippen LogP contribution is 2.27. The lowest BCUT2D eigenvalue weighted by Crippen LogP contribution is -2.40. The highest BCUT2D eigenvalue weighted by atomic mass is 35.5. The van der Waals surface area contributed by atoms with E-state index in [4.69, 9.17) is 22.1 Å². The van der Waals surface area contributed by atoms with E-state index in [1.165, 1.54) is 4.57 Å². The normalized spacial score (nSPS) is 11.3. The maximum Gasteiger partial charge on any atom is 0.330 e. The van der Waals surface area contributed by atoms with Gasteiger partial charge < -0.3 is 15.4 Å². The number of nitrogens with two attached hydrogens (primary N) is 1. The number of methoxy groups -OCH3 is 1. The molecule has 0 amide bonds. The fraction of sp³-hybridized carbons (Fsp3) is 0.500. The molecule has 1 heterocycles. The largest absolute Gasteiger partial charge is 0.496 e. The summed E-state index contributed by atoms with van der Waals surface area (Å²) in [6.07, 6.45) is 0. The zero-order chi connectivity index (χ0) is 21.0. The molecule has 28 heavy (non-hydrogen) atoms. The lowest BCUT2D eigenvalue weighted by atomic mass is 10.1. The first-order valence-corrected chi connectivity index (χ1v) is 9.71. The van der Waals surface area contributed by atoms with Crippen LogP contribution in [0.4, 0.5) is 11.5 Å². The van der Waals surface area contributed by atoms with E-state index >= 15 is 0 Å². The molecule has 0 aliphatic rings. The van der Waals surface area contributed by atoms with E-state index in [2.05, 4.69) is 18.8 Å². The lowest BCUT2D eigenvalue weighted by molar-refractivity contribution is 0.408. The van der Waals surface area contributed by atoms with E-state index in [-0.39, 0.29) is 23.3 Å². The van der Waals surface area contributed by atoms with E-state index in [0.29, 0.717) is 30.4 Å². The van der Waals surface area contributed by atoms with Gasteiger partial charge in [0.2, 0.25) is 0 Å². The Balaban J connectivity index is 2.59. The van der Waals surface area contributed by atoms with Crippen molar-refractivity contribution in [2.45, 2.75) is 40.8 Å². The molecule has 0 fully saturated rings. The van der Waals surface area contributed by atoms with Gasteiger partial charge in [-0.1, -0.05) is 39.3 Å². The first kappa shape index (κ1) is 21.9. The second kappa shape index (κ2) is 9.19. The minimum absolute atomic E-state index is 0.170. The molecule has 0 saturated carbocycles. The van der Waals surface area contributed by atoms with Crippen LogP contribution in [0.2, 0.25) is 5.02 Å². The first-order valence-electron chi connectivity index (χ1n) is 9.34. The molecule has 2 aromatic rings. The zero-order valence-corrected chi connectivity index (χ0v) is 17.8. The van der Waals surface area contributed by atoms with E-state index < -0.39 is 11.2 Å². The summed E-state index contributed by atoms with van der Waals surface area (Å²) in [4.78, 5) is 29.2. The molecule has 2 rings (SSSR count). The van der Waals surface area contributed by atoms with Crippen LogP contribution in [0.1, 0.15) is 33.3 Å². The van der Waals surface area contributed by atoms with Crippen molar-refractivity contribution in [2.24, 2.45) is 11.8 Å². The van der Waals surface area contributed by atoms with E-state index in [1.807, 2.05) is 24.8 Å². The number of nitrogen functional groups attached to an aromatic ring is 1. The summed E-state index contributed by atoms with van der Waals surface area (Å²) in [6, 6.07) is 5.35. The van der Waals surface area contributed by atoms with Crippen LogP contribution >= 0.6 is 11.6 Å². The number of aromatic nitrogens is 2. The van der Waals surface area contributed by atoms with E-state index in [9.17, 15) is 9.59 Å². The summed E-state index contributed by atoms with van der Waals surface area (Å²) >= 11 is 6.16. The predicted molar refractivity (Wildman–Crippen MR) is 114 cm³/mol. The van der Waals surface area contributed by atoms with Crippen molar-refractivity contribution in [3.8, 4) is 5.75 Å². The number of benzene rings is 1. The average molecular weight is 409 g/mol. The number of rotatable bonds is 8. The van der Waals surface area contributed by atoms with Gasteiger partial charge in [-0.3, -0.25) is 14.3 Å². The molecular formula is C20H29ClN4O3. The van der Waals surface area contributed by atoms with Crippen LogP contribution in [0.3, 0.4) is 0 Å². The Morgan fingerprint density at radius 2 is 1.89 bits per heavy atom. The van der Waals surface area contributed by atoms with E-state index in [0.717, 1.165) is 5.56 Å². The zero-order valence-electron chi connectivity index (χ0n) is 17.1. The Hall–Kier alpha value is -2.41. The standard InChI is InChI=1S/C20H29ClN4O3/c1-12(2)9-24(11-14-8-15(21)6-7-16(14)28-5)17-18(22)25(10-13(3)4)20(27)23-19(17)26/h6-8,12-13H,9-11,22H2,1-5H3,(H,23,26,27). The van der Waals surface area contributed by atoms with E-state index in [1.54, 1.807) is 19.2 Å². The monoisotopic (exact) mass is 408 g/mol. The van der Waals surface area contributed by atoms with Gasteiger partial charge in [0.15, 0.2) is 0 Å². The molecule has 154 valence electrons. The number of aromatic amines is 1. The molecule has 0 atom stereocenters. The van der Waals surface area contributed by atoms with Crippen molar-refractivity contribution in [2.75, 3.05) is 24.3 Å². The third-order valence-corrected chi connectivity index (χ3v) is 4.50. The van der Waals surface area contributed by atoms with Gasteiger partial charge in [-0.05, 0) is 30.0 Å². The second-order valence-electron chi connectivity index (χ2n) is 7.73. The van der Waals surface area contributed by atoms with Gasteiger partial charge in [0.05, 0.1) is 7.11 Å². The van der Waals surface area contributed by atoms with Crippen LogP contribution in [0.5, 0.6) is 5.75 Å². The quantitative estimate of drug-likeness (QED) is 0.700. The summed E-state index contributed by atoms with van der Waals surface area (Å²) in [5, 5.41) is 0.576. The number of H-pyrrole nitrogens is 1. The second-order valence-corrected chi connectivity index (χ2v) is 8.16. The fourth-order valence-electron chi connectivity index (χ4n) is 3.18. The molecule has 7 nitrogen and oxygen atoms in total. The average Bonchev–Trinajstić information content (AvgIpc) is 2.58. The van der Waals surface area contributed by atoms with Crippen molar-refractivity contribution in [3.05, 3.63) is 49.6 Å². The molecule has 0 saturated heterocycles. The summed E-state index contributed by atoms with van der Waals surface area (Å²) in [7, 11) is 1.59. The Kier molecular flexibility index (Phi) is 7.18. The maximum absolute atomic E-state index is 12.7. The highest BCUT2D eigenvalue weighted by molar-refractivity contribution is 6.30.